The molecule has 1 aliphatic heterocycles. The average molecular weight is 271 g/mol. The second kappa shape index (κ2) is 4.74. The third kappa shape index (κ3) is 2.50. The first kappa shape index (κ1) is 12.5. The van der Waals surface area contributed by atoms with Crippen molar-refractivity contribution in [2.24, 2.45) is 0 Å². The fourth-order valence-electron chi connectivity index (χ4n) is 1.76. The predicted molar refractivity (Wildman–Crippen MR) is 65.3 cm³/mol. The van der Waals surface area contributed by atoms with Gasteiger partial charge in [0.1, 0.15) is 15.2 Å². The van der Waals surface area contributed by atoms with Crippen LogP contribution < -0.4 is 5.32 Å². The Balaban J connectivity index is 2.27. The zero-order valence-electron chi connectivity index (χ0n) is 9.38. The van der Waals surface area contributed by atoms with Gasteiger partial charge in [-0.15, -0.1) is 11.3 Å². The molecule has 7 heteroatoms. The average Bonchev–Trinajstić information content (AvgIpc) is 2.78. The Morgan fingerprint density at radius 3 is 2.94 bits per heavy atom. The molecule has 0 bridgehead atoms. The van der Waals surface area contributed by atoms with Gasteiger partial charge < -0.3 is 5.32 Å². The van der Waals surface area contributed by atoms with Gasteiger partial charge in [-0.25, -0.2) is 8.42 Å². The van der Waals surface area contributed by atoms with Crippen molar-refractivity contribution in [3.63, 3.8) is 0 Å². The van der Waals surface area contributed by atoms with E-state index in [2.05, 4.69) is 5.32 Å². The van der Waals surface area contributed by atoms with Gasteiger partial charge in [0.25, 0.3) is 10.0 Å². The maximum absolute atomic E-state index is 12.3. The van der Waals surface area contributed by atoms with E-state index in [1.165, 1.54) is 10.4 Å². The molecular weight excluding hydrogens is 258 g/mol. The van der Waals surface area contributed by atoms with Gasteiger partial charge in [-0.2, -0.15) is 9.57 Å². The van der Waals surface area contributed by atoms with Crippen molar-refractivity contribution in [2.75, 3.05) is 19.6 Å². The van der Waals surface area contributed by atoms with Crippen LogP contribution in [-0.4, -0.2) is 38.4 Å². The molecule has 1 saturated heterocycles. The smallest absolute Gasteiger partial charge is 0.252 e. The molecule has 0 amide bonds. The number of nitrogens with one attached hydrogen (secondary N) is 1. The molecule has 1 atom stereocenters. The van der Waals surface area contributed by atoms with E-state index < -0.39 is 10.0 Å². The van der Waals surface area contributed by atoms with Gasteiger partial charge in [0, 0.05) is 25.7 Å². The van der Waals surface area contributed by atoms with Crippen molar-refractivity contribution in [3.8, 4) is 6.07 Å². The molecule has 92 valence electrons. The minimum atomic E-state index is -3.42. The van der Waals surface area contributed by atoms with E-state index >= 15 is 0 Å². The Hall–Kier alpha value is -0.940. The summed E-state index contributed by atoms with van der Waals surface area (Å²) in [5.74, 6) is 0. The van der Waals surface area contributed by atoms with Gasteiger partial charge in [0.2, 0.25) is 0 Å². The van der Waals surface area contributed by atoms with Gasteiger partial charge in [0.05, 0.1) is 0 Å². The first-order valence-electron chi connectivity index (χ1n) is 5.27. The SMILES string of the molecule is CC1CN(S(=O)(=O)c2ccc(C#N)s2)CCN1. The minimum Gasteiger partial charge on any atom is -0.312 e. The van der Waals surface area contributed by atoms with E-state index in [1.807, 2.05) is 13.0 Å². The molecule has 5 nitrogen and oxygen atoms in total. The van der Waals surface area contributed by atoms with E-state index in [9.17, 15) is 8.42 Å². The van der Waals surface area contributed by atoms with E-state index in [1.54, 1.807) is 6.07 Å². The maximum atomic E-state index is 12.3. The Kier molecular flexibility index (Phi) is 3.49. The van der Waals surface area contributed by atoms with E-state index in [-0.39, 0.29) is 10.3 Å². The van der Waals surface area contributed by atoms with Crippen molar-refractivity contribution < 1.29 is 8.42 Å². The second-order valence-corrected chi connectivity index (χ2v) is 7.20. The molecule has 17 heavy (non-hydrogen) atoms. The first-order valence-corrected chi connectivity index (χ1v) is 7.53. The molecule has 1 fully saturated rings. The highest BCUT2D eigenvalue weighted by atomic mass is 32.2. The summed E-state index contributed by atoms with van der Waals surface area (Å²) in [7, 11) is -3.42. The predicted octanol–water partition coefficient (Wildman–Crippen LogP) is 0.602. The van der Waals surface area contributed by atoms with Gasteiger partial charge in [-0.1, -0.05) is 0 Å². The number of hydrogen-bond donors (Lipinski definition) is 1. The Bertz CT molecular complexity index is 544. The number of rotatable bonds is 2. The van der Waals surface area contributed by atoms with Gasteiger partial charge in [-0.3, -0.25) is 0 Å². The summed E-state index contributed by atoms with van der Waals surface area (Å²) in [4.78, 5) is 0.423. The van der Waals surface area contributed by atoms with Gasteiger partial charge in [-0.05, 0) is 19.1 Å². The summed E-state index contributed by atoms with van der Waals surface area (Å²) in [5, 5.41) is 11.9. The molecule has 0 radical (unpaired) electrons. The largest absolute Gasteiger partial charge is 0.312 e. The number of sulfonamides is 1. The van der Waals surface area contributed by atoms with Crippen molar-refractivity contribution >= 4 is 21.4 Å². The van der Waals surface area contributed by atoms with Gasteiger partial charge >= 0.3 is 0 Å². The van der Waals surface area contributed by atoms with Crippen LogP contribution >= 0.6 is 11.3 Å². The summed E-state index contributed by atoms with van der Waals surface area (Å²) >= 11 is 1.02. The third-order valence-corrected chi connectivity index (χ3v) is 5.94. The molecule has 0 aliphatic carbocycles. The van der Waals surface area contributed by atoms with Crippen LogP contribution in [0.4, 0.5) is 0 Å². The van der Waals surface area contributed by atoms with Crippen molar-refractivity contribution in [2.45, 2.75) is 17.2 Å². The minimum absolute atomic E-state index is 0.161. The number of nitriles is 1. The molecule has 0 saturated carbocycles. The normalized spacial score (nSPS) is 22.2. The number of hydrogen-bond acceptors (Lipinski definition) is 5. The Labute approximate surface area is 105 Å². The highest BCUT2D eigenvalue weighted by Gasteiger charge is 2.29. The summed E-state index contributed by atoms with van der Waals surface area (Å²) in [6, 6.07) is 5.17. The first-order chi connectivity index (χ1) is 8.04. The molecular formula is C10H13N3O2S2. The third-order valence-electron chi connectivity index (χ3n) is 2.62. The van der Waals surface area contributed by atoms with Crippen LogP contribution in [0.1, 0.15) is 11.8 Å². The fraction of sp³-hybridized carbons (Fsp3) is 0.500. The van der Waals surface area contributed by atoms with Crippen LogP contribution in [0.15, 0.2) is 16.3 Å². The monoisotopic (exact) mass is 271 g/mol. The molecule has 1 N–H and O–H groups in total. The van der Waals surface area contributed by atoms with Crippen LogP contribution in [0.5, 0.6) is 0 Å². The number of piperazine rings is 1. The second-order valence-electron chi connectivity index (χ2n) is 3.95. The van der Waals surface area contributed by atoms with E-state index in [0.29, 0.717) is 24.5 Å². The van der Waals surface area contributed by atoms with Crippen LogP contribution in [0.2, 0.25) is 0 Å². The quantitative estimate of drug-likeness (QED) is 0.855. The molecule has 0 spiro atoms. The summed E-state index contributed by atoms with van der Waals surface area (Å²) in [5.41, 5.74) is 0. The van der Waals surface area contributed by atoms with Crippen LogP contribution in [0.25, 0.3) is 0 Å². The Morgan fingerprint density at radius 2 is 2.35 bits per heavy atom. The fourth-order valence-corrected chi connectivity index (χ4v) is 4.55. The zero-order valence-corrected chi connectivity index (χ0v) is 11.0. The molecule has 0 aromatic carbocycles. The molecule has 2 heterocycles. The van der Waals surface area contributed by atoms with Crippen LogP contribution in [0.3, 0.4) is 0 Å². The summed E-state index contributed by atoms with van der Waals surface area (Å²) in [6.07, 6.45) is 0. The van der Waals surface area contributed by atoms with E-state index in [0.717, 1.165) is 11.3 Å². The van der Waals surface area contributed by atoms with Crippen LogP contribution in [0, 0.1) is 11.3 Å². The van der Waals surface area contributed by atoms with E-state index in [4.69, 9.17) is 5.26 Å². The molecule has 1 unspecified atom stereocenters. The highest BCUT2D eigenvalue weighted by molar-refractivity contribution is 7.91. The molecule has 1 aromatic heterocycles. The van der Waals surface area contributed by atoms with Crippen molar-refractivity contribution in [1.82, 2.24) is 9.62 Å². The maximum Gasteiger partial charge on any atom is 0.252 e. The van der Waals surface area contributed by atoms with Crippen molar-refractivity contribution in [3.05, 3.63) is 17.0 Å². The molecule has 1 aliphatic rings. The lowest BCUT2D eigenvalue weighted by Crippen LogP contribution is -2.51. The molecule has 1 aromatic rings. The van der Waals surface area contributed by atoms with Crippen molar-refractivity contribution in [1.29, 1.82) is 5.26 Å². The lowest BCUT2D eigenvalue weighted by atomic mass is 10.3. The summed E-state index contributed by atoms with van der Waals surface area (Å²) in [6.45, 7) is 3.57. The lowest BCUT2D eigenvalue weighted by molar-refractivity contribution is 0.311. The zero-order chi connectivity index (χ0) is 12.5. The highest BCUT2D eigenvalue weighted by Crippen LogP contribution is 2.25. The standard InChI is InChI=1S/C10H13N3O2S2/c1-8-7-13(5-4-12-8)17(14,15)10-3-2-9(6-11)16-10/h2-3,8,12H,4-5,7H2,1H3. The Morgan fingerprint density at radius 1 is 1.59 bits per heavy atom. The number of nitrogens with zero attached hydrogens (tertiary/aromatic N) is 2. The number of thiophene rings is 1. The van der Waals surface area contributed by atoms with Crippen LogP contribution in [-0.2, 0) is 10.0 Å². The van der Waals surface area contributed by atoms with Gasteiger partial charge in [0.15, 0.2) is 0 Å². The summed E-state index contributed by atoms with van der Waals surface area (Å²) < 4.78 is 26.2. The topological polar surface area (TPSA) is 73.2 Å². The lowest BCUT2D eigenvalue weighted by Gasteiger charge is -2.30. The molecule has 2 rings (SSSR count).